The third-order valence-electron chi connectivity index (χ3n) is 3.38. The van der Waals surface area contributed by atoms with Crippen molar-refractivity contribution in [2.75, 3.05) is 6.61 Å². The van der Waals surface area contributed by atoms with Crippen molar-refractivity contribution in [1.82, 2.24) is 0 Å². The molecular formula is C14H20O2. The number of aliphatic hydroxyl groups is 1. The van der Waals surface area contributed by atoms with Gasteiger partial charge >= 0.3 is 0 Å². The van der Waals surface area contributed by atoms with Crippen LogP contribution in [0.25, 0.3) is 0 Å². The molecule has 0 spiro atoms. The van der Waals surface area contributed by atoms with Crippen LogP contribution in [-0.2, 0) is 0 Å². The predicted octanol–water partition coefficient (Wildman–Crippen LogP) is 3.23. The average molecular weight is 220 g/mol. The molecule has 1 aromatic rings. The van der Waals surface area contributed by atoms with Crippen LogP contribution in [0.2, 0.25) is 0 Å². The van der Waals surface area contributed by atoms with Crippen LogP contribution in [0.15, 0.2) is 18.2 Å². The molecule has 88 valence electrons. The number of aliphatic hydroxyl groups excluding tert-OH is 1. The highest BCUT2D eigenvalue weighted by Crippen LogP contribution is 2.28. The summed E-state index contributed by atoms with van der Waals surface area (Å²) < 4.78 is 5.79. The van der Waals surface area contributed by atoms with Gasteiger partial charge in [0.25, 0.3) is 0 Å². The number of ether oxygens (including phenoxy) is 1. The van der Waals surface area contributed by atoms with Gasteiger partial charge in [-0.1, -0.05) is 12.5 Å². The molecule has 0 unspecified atom stereocenters. The smallest absolute Gasteiger partial charge is 0.122 e. The average Bonchev–Trinajstić information content (AvgIpc) is 2.17. The molecule has 1 saturated carbocycles. The van der Waals surface area contributed by atoms with Crippen LogP contribution in [0.3, 0.4) is 0 Å². The summed E-state index contributed by atoms with van der Waals surface area (Å²) in [6.45, 7) is 4.65. The van der Waals surface area contributed by atoms with Crippen LogP contribution in [0.5, 0.6) is 5.75 Å². The van der Waals surface area contributed by atoms with E-state index in [2.05, 4.69) is 0 Å². The zero-order valence-corrected chi connectivity index (χ0v) is 10.1. The molecule has 1 aliphatic carbocycles. The van der Waals surface area contributed by atoms with E-state index in [1.54, 1.807) is 6.92 Å². The molecule has 16 heavy (non-hydrogen) atoms. The molecule has 0 aliphatic heterocycles. The van der Waals surface area contributed by atoms with Crippen molar-refractivity contribution >= 4 is 0 Å². The lowest BCUT2D eigenvalue weighted by Gasteiger charge is -2.25. The molecule has 2 rings (SSSR count). The number of hydrogen-bond donors (Lipinski definition) is 1. The lowest BCUT2D eigenvalue weighted by atomic mass is 9.86. The highest BCUT2D eigenvalue weighted by molar-refractivity contribution is 5.36. The minimum atomic E-state index is -0.403. The largest absolute Gasteiger partial charge is 0.493 e. The Morgan fingerprint density at radius 2 is 2.19 bits per heavy atom. The Hall–Kier alpha value is -1.02. The van der Waals surface area contributed by atoms with Gasteiger partial charge in [0, 0.05) is 0 Å². The van der Waals surface area contributed by atoms with Crippen LogP contribution >= 0.6 is 0 Å². The highest BCUT2D eigenvalue weighted by atomic mass is 16.5. The topological polar surface area (TPSA) is 29.5 Å². The third-order valence-corrected chi connectivity index (χ3v) is 3.38. The maximum absolute atomic E-state index is 9.46. The van der Waals surface area contributed by atoms with E-state index in [-0.39, 0.29) is 0 Å². The minimum absolute atomic E-state index is 0.403. The van der Waals surface area contributed by atoms with E-state index >= 15 is 0 Å². The third kappa shape index (κ3) is 2.56. The molecule has 1 aromatic carbocycles. The van der Waals surface area contributed by atoms with Gasteiger partial charge in [-0.2, -0.15) is 0 Å². The Morgan fingerprint density at radius 1 is 1.44 bits per heavy atom. The van der Waals surface area contributed by atoms with Crippen molar-refractivity contribution in [2.24, 2.45) is 5.92 Å². The van der Waals surface area contributed by atoms with Crippen molar-refractivity contribution < 1.29 is 9.84 Å². The first-order chi connectivity index (χ1) is 7.66. The molecule has 0 heterocycles. The summed E-state index contributed by atoms with van der Waals surface area (Å²) in [5.74, 6) is 1.71. The fraction of sp³-hybridized carbons (Fsp3) is 0.571. The zero-order valence-electron chi connectivity index (χ0n) is 10.1. The van der Waals surface area contributed by atoms with Crippen LogP contribution in [0, 0.1) is 12.8 Å². The van der Waals surface area contributed by atoms with E-state index < -0.39 is 6.10 Å². The summed E-state index contributed by atoms with van der Waals surface area (Å²) in [5, 5.41) is 9.46. The van der Waals surface area contributed by atoms with Gasteiger partial charge in [-0.05, 0) is 55.9 Å². The fourth-order valence-corrected chi connectivity index (χ4v) is 1.96. The quantitative estimate of drug-likeness (QED) is 0.844. The second-order valence-electron chi connectivity index (χ2n) is 4.81. The lowest BCUT2D eigenvalue weighted by molar-refractivity contribution is 0.179. The van der Waals surface area contributed by atoms with Crippen LogP contribution in [0.1, 0.15) is 43.4 Å². The number of aryl methyl sites for hydroxylation is 1. The first kappa shape index (κ1) is 11.5. The molecule has 0 amide bonds. The molecule has 1 fully saturated rings. The standard InChI is InChI=1S/C14H20O2/c1-10-8-13(11(2)15)6-7-14(10)16-9-12-4-3-5-12/h6-8,11-12,15H,3-5,9H2,1-2H3/t11-/m1/s1. The SMILES string of the molecule is Cc1cc([C@@H](C)O)ccc1OCC1CCC1. The minimum Gasteiger partial charge on any atom is -0.493 e. The number of hydrogen-bond acceptors (Lipinski definition) is 2. The molecule has 0 radical (unpaired) electrons. The van der Waals surface area contributed by atoms with E-state index in [0.717, 1.165) is 29.4 Å². The maximum Gasteiger partial charge on any atom is 0.122 e. The van der Waals surface area contributed by atoms with E-state index in [1.807, 2.05) is 25.1 Å². The first-order valence-corrected chi connectivity index (χ1v) is 6.08. The molecule has 2 nitrogen and oxygen atoms in total. The van der Waals surface area contributed by atoms with Crippen molar-refractivity contribution in [2.45, 2.75) is 39.2 Å². The van der Waals surface area contributed by atoms with E-state index in [4.69, 9.17) is 4.74 Å². The maximum atomic E-state index is 9.46. The second-order valence-corrected chi connectivity index (χ2v) is 4.81. The molecule has 0 saturated heterocycles. The predicted molar refractivity (Wildman–Crippen MR) is 64.6 cm³/mol. The number of benzene rings is 1. The second kappa shape index (κ2) is 4.88. The van der Waals surface area contributed by atoms with E-state index in [1.165, 1.54) is 19.3 Å². The Balaban J connectivity index is 1.98. The van der Waals surface area contributed by atoms with Crippen LogP contribution in [0.4, 0.5) is 0 Å². The summed E-state index contributed by atoms with van der Waals surface area (Å²) in [5.41, 5.74) is 2.06. The summed E-state index contributed by atoms with van der Waals surface area (Å²) in [6, 6.07) is 5.91. The first-order valence-electron chi connectivity index (χ1n) is 6.08. The van der Waals surface area contributed by atoms with E-state index in [0.29, 0.717) is 0 Å². The van der Waals surface area contributed by atoms with Crippen molar-refractivity contribution in [1.29, 1.82) is 0 Å². The molecule has 1 atom stereocenters. The van der Waals surface area contributed by atoms with Crippen molar-refractivity contribution in [3.8, 4) is 5.75 Å². The zero-order chi connectivity index (χ0) is 11.5. The molecule has 1 aliphatic rings. The van der Waals surface area contributed by atoms with Gasteiger partial charge < -0.3 is 9.84 Å². The van der Waals surface area contributed by atoms with Gasteiger partial charge in [-0.3, -0.25) is 0 Å². The van der Waals surface area contributed by atoms with Gasteiger partial charge in [0.2, 0.25) is 0 Å². The lowest BCUT2D eigenvalue weighted by Crippen LogP contribution is -2.19. The van der Waals surface area contributed by atoms with Gasteiger partial charge in [0.1, 0.15) is 5.75 Å². The van der Waals surface area contributed by atoms with Crippen molar-refractivity contribution in [3.63, 3.8) is 0 Å². The highest BCUT2D eigenvalue weighted by Gasteiger charge is 2.18. The number of rotatable bonds is 4. The molecule has 1 N–H and O–H groups in total. The van der Waals surface area contributed by atoms with Crippen LogP contribution < -0.4 is 4.74 Å². The molecular weight excluding hydrogens is 200 g/mol. The van der Waals surface area contributed by atoms with Gasteiger partial charge in [0.15, 0.2) is 0 Å². The molecule has 2 heteroatoms. The van der Waals surface area contributed by atoms with E-state index in [9.17, 15) is 5.11 Å². The summed E-state index contributed by atoms with van der Waals surface area (Å²) in [6.07, 6.45) is 3.57. The van der Waals surface area contributed by atoms with Crippen molar-refractivity contribution in [3.05, 3.63) is 29.3 Å². The fourth-order valence-electron chi connectivity index (χ4n) is 1.96. The Bertz CT molecular complexity index is 354. The monoisotopic (exact) mass is 220 g/mol. The summed E-state index contributed by atoms with van der Waals surface area (Å²) >= 11 is 0. The van der Waals surface area contributed by atoms with Gasteiger partial charge in [0.05, 0.1) is 12.7 Å². The van der Waals surface area contributed by atoms with Gasteiger partial charge in [-0.25, -0.2) is 0 Å². The molecule has 0 aromatic heterocycles. The normalized spacial score (nSPS) is 17.9. The Kier molecular flexibility index (Phi) is 3.49. The van der Waals surface area contributed by atoms with Crippen LogP contribution in [-0.4, -0.2) is 11.7 Å². The Morgan fingerprint density at radius 3 is 2.69 bits per heavy atom. The van der Waals surface area contributed by atoms with Gasteiger partial charge in [-0.15, -0.1) is 0 Å². The Labute approximate surface area is 97.3 Å². The summed E-state index contributed by atoms with van der Waals surface area (Å²) in [4.78, 5) is 0. The summed E-state index contributed by atoms with van der Waals surface area (Å²) in [7, 11) is 0. The molecule has 0 bridgehead atoms.